The van der Waals surface area contributed by atoms with E-state index in [1.165, 1.54) is 5.56 Å². The van der Waals surface area contributed by atoms with Gasteiger partial charge in [-0.05, 0) is 62.9 Å². The molecule has 1 unspecified atom stereocenters. The van der Waals surface area contributed by atoms with E-state index in [1.54, 1.807) is 13.2 Å². The van der Waals surface area contributed by atoms with Crippen LogP contribution in [0, 0.1) is 0 Å². The maximum atomic E-state index is 12.4. The fraction of sp³-hybridized carbons (Fsp3) is 0.435. The molecule has 0 heterocycles. The summed E-state index contributed by atoms with van der Waals surface area (Å²) in [5.74, 6) is 1.98. The number of benzene rings is 2. The van der Waals surface area contributed by atoms with Gasteiger partial charge in [0.25, 0.3) is 5.91 Å². The van der Waals surface area contributed by atoms with Gasteiger partial charge in [0.15, 0.2) is 17.6 Å². The summed E-state index contributed by atoms with van der Waals surface area (Å²) in [6.07, 6.45) is 1.98. The van der Waals surface area contributed by atoms with Crippen LogP contribution < -0.4 is 19.5 Å². The molecule has 2 aromatic carbocycles. The van der Waals surface area contributed by atoms with Gasteiger partial charge in [-0.15, -0.1) is 0 Å². The van der Waals surface area contributed by atoms with Crippen LogP contribution in [0.3, 0.4) is 0 Å². The number of para-hydroxylation sites is 2. The monoisotopic (exact) mass is 385 g/mol. The second kappa shape index (κ2) is 11.2. The van der Waals surface area contributed by atoms with Gasteiger partial charge in [-0.3, -0.25) is 4.79 Å². The first-order valence-corrected chi connectivity index (χ1v) is 9.86. The Bertz CT molecular complexity index is 728. The van der Waals surface area contributed by atoms with E-state index in [-0.39, 0.29) is 12.0 Å². The quantitative estimate of drug-likeness (QED) is 0.583. The van der Waals surface area contributed by atoms with Crippen molar-refractivity contribution in [3.05, 3.63) is 54.1 Å². The van der Waals surface area contributed by atoms with E-state index in [0.29, 0.717) is 24.5 Å². The van der Waals surface area contributed by atoms with Crippen LogP contribution in [0.4, 0.5) is 0 Å². The normalized spacial score (nSPS) is 11.8. The molecule has 0 aliphatic heterocycles. The van der Waals surface area contributed by atoms with Gasteiger partial charge >= 0.3 is 0 Å². The first-order valence-electron chi connectivity index (χ1n) is 9.86. The van der Waals surface area contributed by atoms with Gasteiger partial charge in [0, 0.05) is 6.54 Å². The summed E-state index contributed by atoms with van der Waals surface area (Å²) in [7, 11) is 1.59. The largest absolute Gasteiger partial charge is 0.493 e. The maximum absolute atomic E-state index is 12.4. The van der Waals surface area contributed by atoms with Crippen molar-refractivity contribution in [2.45, 2.75) is 52.2 Å². The van der Waals surface area contributed by atoms with Crippen molar-refractivity contribution in [2.75, 3.05) is 13.7 Å². The van der Waals surface area contributed by atoms with Gasteiger partial charge in [-0.1, -0.05) is 31.2 Å². The van der Waals surface area contributed by atoms with Gasteiger partial charge in [0.2, 0.25) is 0 Å². The molecule has 0 aromatic heterocycles. The van der Waals surface area contributed by atoms with Gasteiger partial charge in [0.05, 0.1) is 13.2 Å². The van der Waals surface area contributed by atoms with Crippen molar-refractivity contribution < 1.29 is 19.0 Å². The highest BCUT2D eigenvalue weighted by Gasteiger charge is 2.19. The molecule has 0 aliphatic carbocycles. The lowest BCUT2D eigenvalue weighted by atomic mass is 10.1. The van der Waals surface area contributed by atoms with Crippen LogP contribution in [0.5, 0.6) is 17.2 Å². The molecule has 1 atom stereocenters. The summed E-state index contributed by atoms with van der Waals surface area (Å²) in [6, 6.07) is 15.5. The fourth-order valence-corrected chi connectivity index (χ4v) is 2.82. The number of rotatable bonds is 11. The van der Waals surface area contributed by atoms with E-state index in [0.717, 1.165) is 18.6 Å². The number of hydrogen-bond acceptors (Lipinski definition) is 4. The van der Waals surface area contributed by atoms with Gasteiger partial charge in [-0.2, -0.15) is 0 Å². The summed E-state index contributed by atoms with van der Waals surface area (Å²) in [4.78, 5) is 12.4. The highest BCUT2D eigenvalue weighted by Crippen LogP contribution is 2.27. The molecule has 152 valence electrons. The molecule has 0 fully saturated rings. The summed E-state index contributed by atoms with van der Waals surface area (Å²) in [5, 5.41) is 2.97. The molecule has 28 heavy (non-hydrogen) atoms. The highest BCUT2D eigenvalue weighted by molar-refractivity contribution is 5.81. The van der Waals surface area contributed by atoms with Crippen molar-refractivity contribution in [1.29, 1.82) is 0 Å². The Morgan fingerprint density at radius 2 is 1.68 bits per heavy atom. The summed E-state index contributed by atoms with van der Waals surface area (Å²) >= 11 is 0. The van der Waals surface area contributed by atoms with Crippen LogP contribution in [0.1, 0.15) is 39.2 Å². The second-order valence-corrected chi connectivity index (χ2v) is 6.87. The Kier molecular flexibility index (Phi) is 8.66. The minimum atomic E-state index is -0.538. The van der Waals surface area contributed by atoms with Crippen molar-refractivity contribution in [3.8, 4) is 17.2 Å². The topological polar surface area (TPSA) is 56.8 Å². The third-order valence-corrected chi connectivity index (χ3v) is 4.24. The number of aryl methyl sites for hydroxylation is 1. The summed E-state index contributed by atoms with van der Waals surface area (Å²) in [5.41, 5.74) is 1.22. The van der Waals surface area contributed by atoms with E-state index in [1.807, 2.05) is 51.1 Å². The van der Waals surface area contributed by atoms with Crippen molar-refractivity contribution in [2.24, 2.45) is 0 Å². The molecule has 1 amide bonds. The lowest BCUT2D eigenvalue weighted by molar-refractivity contribution is -0.128. The van der Waals surface area contributed by atoms with Crippen LogP contribution in [-0.4, -0.2) is 31.8 Å². The molecule has 1 N–H and O–H groups in total. The van der Waals surface area contributed by atoms with E-state index in [9.17, 15) is 4.79 Å². The predicted molar refractivity (Wildman–Crippen MR) is 111 cm³/mol. The number of hydrogen-bond donors (Lipinski definition) is 1. The number of amides is 1. The first-order chi connectivity index (χ1) is 13.5. The van der Waals surface area contributed by atoms with Gasteiger partial charge in [0.1, 0.15) is 5.75 Å². The van der Waals surface area contributed by atoms with Gasteiger partial charge < -0.3 is 19.5 Å². The number of carbonyl (C=O) groups excluding carboxylic acids is 1. The Morgan fingerprint density at radius 1 is 1.00 bits per heavy atom. The van der Waals surface area contributed by atoms with Crippen molar-refractivity contribution in [1.82, 2.24) is 5.32 Å². The third kappa shape index (κ3) is 6.80. The molecule has 0 radical (unpaired) electrons. The fourth-order valence-electron chi connectivity index (χ4n) is 2.82. The first kappa shape index (κ1) is 21.6. The number of ether oxygens (including phenoxy) is 3. The average Bonchev–Trinajstić information content (AvgIpc) is 2.70. The van der Waals surface area contributed by atoms with Crippen molar-refractivity contribution >= 4 is 5.91 Å². The minimum Gasteiger partial charge on any atom is -0.493 e. The smallest absolute Gasteiger partial charge is 0.261 e. The Balaban J connectivity index is 1.77. The van der Waals surface area contributed by atoms with Crippen molar-refractivity contribution in [3.63, 3.8) is 0 Å². The van der Waals surface area contributed by atoms with E-state index >= 15 is 0 Å². The van der Waals surface area contributed by atoms with E-state index in [4.69, 9.17) is 14.2 Å². The number of nitrogens with one attached hydrogen (secondary N) is 1. The summed E-state index contributed by atoms with van der Waals surface area (Å²) in [6.45, 7) is 6.56. The predicted octanol–water partition coefficient (Wildman–Crippen LogP) is 4.39. The zero-order chi connectivity index (χ0) is 20.4. The standard InChI is InChI=1S/C23H31NO4/c1-5-20(28-22-11-7-6-10-21(22)26-4)23(25)24-16-8-9-18-12-14-19(15-13-18)27-17(2)3/h6-7,10-15,17,20H,5,8-9,16H2,1-4H3,(H,24,25). The Labute approximate surface area is 168 Å². The van der Waals surface area contributed by atoms with E-state index in [2.05, 4.69) is 17.4 Å². The van der Waals surface area contributed by atoms with Crippen LogP contribution >= 0.6 is 0 Å². The molecule has 5 nitrogen and oxygen atoms in total. The third-order valence-electron chi connectivity index (χ3n) is 4.24. The average molecular weight is 386 g/mol. The SMILES string of the molecule is CCC(Oc1ccccc1OC)C(=O)NCCCc1ccc(OC(C)C)cc1. The van der Waals surface area contributed by atoms with Crippen LogP contribution in [0.15, 0.2) is 48.5 Å². The number of carbonyl (C=O) groups is 1. The molecule has 0 spiro atoms. The maximum Gasteiger partial charge on any atom is 0.261 e. The molecule has 5 heteroatoms. The zero-order valence-corrected chi connectivity index (χ0v) is 17.2. The Morgan fingerprint density at radius 3 is 2.29 bits per heavy atom. The molecule has 0 bridgehead atoms. The summed E-state index contributed by atoms with van der Waals surface area (Å²) < 4.78 is 16.8. The molecular formula is C23H31NO4. The van der Waals surface area contributed by atoms with Crippen LogP contribution in [-0.2, 0) is 11.2 Å². The molecule has 2 aromatic rings. The lowest BCUT2D eigenvalue weighted by Gasteiger charge is -2.18. The van der Waals surface area contributed by atoms with Crippen LogP contribution in [0.2, 0.25) is 0 Å². The lowest BCUT2D eigenvalue weighted by Crippen LogP contribution is -2.38. The molecule has 0 aliphatic rings. The van der Waals surface area contributed by atoms with Gasteiger partial charge in [-0.25, -0.2) is 0 Å². The highest BCUT2D eigenvalue weighted by atomic mass is 16.5. The minimum absolute atomic E-state index is 0.103. The Hall–Kier alpha value is -2.69. The van der Waals surface area contributed by atoms with Crippen LogP contribution in [0.25, 0.3) is 0 Å². The zero-order valence-electron chi connectivity index (χ0n) is 17.2. The number of methoxy groups -OCH3 is 1. The molecule has 0 saturated carbocycles. The second-order valence-electron chi connectivity index (χ2n) is 6.87. The molecule has 0 saturated heterocycles. The molecular weight excluding hydrogens is 354 g/mol. The molecule has 2 rings (SSSR count). The van der Waals surface area contributed by atoms with E-state index < -0.39 is 6.10 Å².